The molecule has 0 aromatic rings. The van der Waals surface area contributed by atoms with Gasteiger partial charge < -0.3 is 4.74 Å². The van der Waals surface area contributed by atoms with E-state index in [2.05, 4.69) is 28.1 Å². The molecular formula is C11H19BrO2. The molecule has 0 rings (SSSR count). The van der Waals surface area contributed by atoms with E-state index in [4.69, 9.17) is 4.74 Å². The van der Waals surface area contributed by atoms with Crippen LogP contribution >= 0.6 is 15.9 Å². The van der Waals surface area contributed by atoms with Crippen molar-refractivity contribution in [3.8, 4) is 0 Å². The van der Waals surface area contributed by atoms with Gasteiger partial charge in [0.2, 0.25) is 0 Å². The molecule has 0 N–H and O–H groups in total. The van der Waals surface area contributed by atoms with E-state index in [-0.39, 0.29) is 11.4 Å². The van der Waals surface area contributed by atoms with Gasteiger partial charge in [0.15, 0.2) is 0 Å². The molecule has 0 radical (unpaired) electrons. The first kappa shape index (κ1) is 13.7. The molecule has 0 fully saturated rings. The van der Waals surface area contributed by atoms with Gasteiger partial charge in [-0.15, -0.1) is 0 Å². The summed E-state index contributed by atoms with van der Waals surface area (Å²) in [7, 11) is 0. The van der Waals surface area contributed by atoms with E-state index in [1.165, 1.54) is 0 Å². The molecule has 0 saturated carbocycles. The number of ether oxygens (including phenoxy) is 1. The summed E-state index contributed by atoms with van der Waals surface area (Å²) >= 11 is 3.35. The Balaban J connectivity index is 3.99. The Kier molecular flexibility index (Phi) is 6.89. The number of halogens is 1. The Morgan fingerprint density at radius 3 is 2.64 bits per heavy atom. The smallest absolute Gasteiger partial charge is 0.306 e. The highest BCUT2D eigenvalue weighted by molar-refractivity contribution is 9.09. The molecule has 0 aromatic carbocycles. The number of carbonyl (C=O) groups excluding carboxylic acids is 1. The molecule has 14 heavy (non-hydrogen) atoms. The largest absolute Gasteiger partial charge is 0.466 e. The van der Waals surface area contributed by atoms with Crippen molar-refractivity contribution in [3.05, 3.63) is 12.2 Å². The first-order valence-corrected chi connectivity index (χ1v) is 6.03. The normalized spacial score (nSPS) is 12.0. The molecule has 0 amide bonds. The molecule has 0 aliphatic rings. The van der Waals surface area contributed by atoms with Crippen molar-refractivity contribution in [3.63, 3.8) is 0 Å². The van der Waals surface area contributed by atoms with Gasteiger partial charge in [-0.3, -0.25) is 4.79 Å². The molecule has 0 saturated heterocycles. The Bertz CT molecular complexity index is 197. The summed E-state index contributed by atoms with van der Waals surface area (Å²) in [6.45, 7) is 6.36. The zero-order chi connectivity index (χ0) is 11.0. The lowest BCUT2D eigenvalue weighted by molar-refractivity contribution is -0.144. The number of rotatable bonds is 6. The molecule has 0 aliphatic heterocycles. The van der Waals surface area contributed by atoms with Crippen LogP contribution in [0.2, 0.25) is 0 Å². The van der Waals surface area contributed by atoms with E-state index in [0.717, 1.165) is 11.8 Å². The van der Waals surface area contributed by atoms with Gasteiger partial charge in [-0.25, -0.2) is 0 Å². The highest BCUT2D eigenvalue weighted by atomic mass is 79.9. The SMILES string of the molecule is CCOC(=O)CC(C)(C)/C=C/CCBr. The zero-order valence-electron chi connectivity index (χ0n) is 9.18. The lowest BCUT2D eigenvalue weighted by atomic mass is 9.89. The third-order valence-corrected chi connectivity index (χ3v) is 2.21. The maximum Gasteiger partial charge on any atom is 0.306 e. The highest BCUT2D eigenvalue weighted by Crippen LogP contribution is 2.22. The van der Waals surface area contributed by atoms with Gasteiger partial charge in [0.25, 0.3) is 0 Å². The van der Waals surface area contributed by atoms with E-state index in [0.29, 0.717) is 13.0 Å². The van der Waals surface area contributed by atoms with Gasteiger partial charge in [0.1, 0.15) is 0 Å². The second-order valence-corrected chi connectivity index (χ2v) is 4.64. The third-order valence-electron chi connectivity index (χ3n) is 1.75. The van der Waals surface area contributed by atoms with Crippen molar-refractivity contribution >= 4 is 21.9 Å². The Morgan fingerprint density at radius 2 is 2.14 bits per heavy atom. The maximum absolute atomic E-state index is 11.2. The van der Waals surface area contributed by atoms with Crippen molar-refractivity contribution < 1.29 is 9.53 Å². The monoisotopic (exact) mass is 262 g/mol. The summed E-state index contributed by atoms with van der Waals surface area (Å²) < 4.78 is 4.90. The quantitative estimate of drug-likeness (QED) is 0.417. The maximum atomic E-state index is 11.2. The number of alkyl halides is 1. The van der Waals surface area contributed by atoms with Crippen LogP contribution in [0.1, 0.15) is 33.6 Å². The molecule has 0 spiro atoms. The van der Waals surface area contributed by atoms with E-state index >= 15 is 0 Å². The van der Waals surface area contributed by atoms with Crippen molar-refractivity contribution in [2.45, 2.75) is 33.6 Å². The Labute approximate surface area is 94.8 Å². The standard InChI is InChI=1S/C11H19BrO2/c1-4-14-10(13)9-11(2,3)7-5-6-8-12/h5,7H,4,6,8-9H2,1-3H3/b7-5+. The van der Waals surface area contributed by atoms with Gasteiger partial charge in [-0.1, -0.05) is 41.9 Å². The van der Waals surface area contributed by atoms with Gasteiger partial charge in [0.05, 0.1) is 13.0 Å². The van der Waals surface area contributed by atoms with Crippen molar-refractivity contribution in [1.82, 2.24) is 0 Å². The molecule has 0 heterocycles. The number of esters is 1. The van der Waals surface area contributed by atoms with E-state index in [1.807, 2.05) is 20.8 Å². The van der Waals surface area contributed by atoms with Crippen molar-refractivity contribution in [2.24, 2.45) is 5.41 Å². The molecular weight excluding hydrogens is 244 g/mol. The Morgan fingerprint density at radius 1 is 1.50 bits per heavy atom. The van der Waals surface area contributed by atoms with Crippen molar-refractivity contribution in [1.29, 1.82) is 0 Å². The molecule has 82 valence electrons. The summed E-state index contributed by atoms with van der Waals surface area (Å²) in [5.74, 6) is -0.124. The second kappa shape index (κ2) is 7.04. The van der Waals surface area contributed by atoms with Crippen LogP contribution in [-0.2, 0) is 9.53 Å². The van der Waals surface area contributed by atoms with Crippen LogP contribution in [-0.4, -0.2) is 17.9 Å². The fourth-order valence-corrected chi connectivity index (χ4v) is 1.37. The molecule has 2 nitrogen and oxygen atoms in total. The van der Waals surface area contributed by atoms with Gasteiger partial charge in [-0.05, 0) is 18.8 Å². The number of carbonyl (C=O) groups is 1. The lowest BCUT2D eigenvalue weighted by Gasteiger charge is -2.18. The minimum atomic E-state index is -0.124. The molecule has 0 atom stereocenters. The van der Waals surface area contributed by atoms with Crippen LogP contribution in [0, 0.1) is 5.41 Å². The lowest BCUT2D eigenvalue weighted by Crippen LogP contribution is -2.16. The van der Waals surface area contributed by atoms with Crippen molar-refractivity contribution in [2.75, 3.05) is 11.9 Å². The van der Waals surface area contributed by atoms with Crippen LogP contribution < -0.4 is 0 Å². The molecule has 3 heteroatoms. The minimum absolute atomic E-state index is 0.103. The first-order valence-electron chi connectivity index (χ1n) is 4.91. The van der Waals surface area contributed by atoms with E-state index < -0.39 is 0 Å². The topological polar surface area (TPSA) is 26.3 Å². The van der Waals surface area contributed by atoms with Crippen LogP contribution in [0.15, 0.2) is 12.2 Å². The average Bonchev–Trinajstić information content (AvgIpc) is 2.03. The molecule has 0 aromatic heterocycles. The predicted molar refractivity (Wildman–Crippen MR) is 62.6 cm³/mol. The molecule has 0 bridgehead atoms. The summed E-state index contributed by atoms with van der Waals surface area (Å²) in [6.07, 6.45) is 5.60. The number of hydrogen-bond donors (Lipinski definition) is 0. The van der Waals surface area contributed by atoms with Crippen LogP contribution in [0.5, 0.6) is 0 Å². The molecule has 0 unspecified atom stereocenters. The fourth-order valence-electron chi connectivity index (χ4n) is 1.11. The summed E-state index contributed by atoms with van der Waals surface area (Å²) in [6, 6.07) is 0. The van der Waals surface area contributed by atoms with Crippen LogP contribution in [0.3, 0.4) is 0 Å². The third kappa shape index (κ3) is 7.13. The van der Waals surface area contributed by atoms with E-state index in [9.17, 15) is 4.79 Å². The van der Waals surface area contributed by atoms with Gasteiger partial charge in [-0.2, -0.15) is 0 Å². The van der Waals surface area contributed by atoms with Crippen LogP contribution in [0.25, 0.3) is 0 Å². The summed E-state index contributed by atoms with van der Waals surface area (Å²) in [5, 5.41) is 0.957. The average molecular weight is 263 g/mol. The predicted octanol–water partition coefficient (Wildman–Crippen LogP) is 3.31. The fraction of sp³-hybridized carbons (Fsp3) is 0.727. The van der Waals surface area contributed by atoms with E-state index in [1.54, 1.807) is 0 Å². The number of allylic oxidation sites excluding steroid dienone is 2. The van der Waals surface area contributed by atoms with Crippen LogP contribution in [0.4, 0.5) is 0 Å². The summed E-state index contributed by atoms with van der Waals surface area (Å²) in [5.41, 5.74) is -0.103. The second-order valence-electron chi connectivity index (χ2n) is 3.85. The first-order chi connectivity index (χ1) is 6.52. The number of hydrogen-bond acceptors (Lipinski definition) is 2. The Hall–Kier alpha value is -0.310. The molecule has 0 aliphatic carbocycles. The van der Waals surface area contributed by atoms with Gasteiger partial charge >= 0.3 is 5.97 Å². The zero-order valence-corrected chi connectivity index (χ0v) is 10.8. The minimum Gasteiger partial charge on any atom is -0.466 e. The van der Waals surface area contributed by atoms with Gasteiger partial charge in [0, 0.05) is 5.33 Å². The summed E-state index contributed by atoms with van der Waals surface area (Å²) in [4.78, 5) is 11.2. The highest BCUT2D eigenvalue weighted by Gasteiger charge is 2.19.